The number of benzene rings is 1. The van der Waals surface area contributed by atoms with Crippen molar-refractivity contribution in [2.24, 2.45) is 0 Å². The lowest BCUT2D eigenvalue weighted by atomic mass is 9.89. The molecule has 6 heteroatoms. The van der Waals surface area contributed by atoms with E-state index in [-0.39, 0.29) is 17.6 Å². The van der Waals surface area contributed by atoms with Gasteiger partial charge in [-0.2, -0.15) is 0 Å². The summed E-state index contributed by atoms with van der Waals surface area (Å²) in [7, 11) is 1.59. The van der Waals surface area contributed by atoms with Crippen molar-refractivity contribution in [2.45, 2.75) is 31.3 Å². The molecule has 3 rings (SSSR count). The molecule has 1 N–H and O–H groups in total. The van der Waals surface area contributed by atoms with E-state index in [0.29, 0.717) is 18.7 Å². The number of methoxy groups -OCH3 is 1. The SMILES string of the molecule is CO[C@@H]1CCN(C(=O)c2cc(F)c(C3CCNCC3)cc2F)C1. The number of nitrogens with zero attached hydrogens (tertiary/aromatic N) is 1. The van der Waals surface area contributed by atoms with Gasteiger partial charge in [0.1, 0.15) is 11.6 Å². The first kappa shape index (κ1) is 16.3. The smallest absolute Gasteiger partial charge is 0.257 e. The molecule has 0 spiro atoms. The molecular weight excluding hydrogens is 302 g/mol. The largest absolute Gasteiger partial charge is 0.380 e. The van der Waals surface area contributed by atoms with E-state index in [0.717, 1.165) is 38.4 Å². The lowest BCUT2D eigenvalue weighted by Crippen LogP contribution is -2.31. The molecule has 0 radical (unpaired) electrons. The lowest BCUT2D eigenvalue weighted by molar-refractivity contribution is 0.0719. The fourth-order valence-corrected chi connectivity index (χ4v) is 3.45. The van der Waals surface area contributed by atoms with E-state index in [2.05, 4.69) is 5.32 Å². The third kappa shape index (κ3) is 3.38. The molecule has 1 amide bonds. The summed E-state index contributed by atoms with van der Waals surface area (Å²) in [4.78, 5) is 13.9. The average molecular weight is 324 g/mol. The van der Waals surface area contributed by atoms with E-state index in [1.165, 1.54) is 11.0 Å². The second-order valence-corrected chi connectivity index (χ2v) is 6.28. The quantitative estimate of drug-likeness (QED) is 0.927. The van der Waals surface area contributed by atoms with E-state index >= 15 is 0 Å². The molecule has 0 bridgehead atoms. The summed E-state index contributed by atoms with van der Waals surface area (Å²) in [5.41, 5.74) is 0.202. The van der Waals surface area contributed by atoms with Crippen LogP contribution in [-0.4, -0.2) is 50.2 Å². The van der Waals surface area contributed by atoms with Crippen molar-refractivity contribution in [3.63, 3.8) is 0 Å². The monoisotopic (exact) mass is 324 g/mol. The summed E-state index contributed by atoms with van der Waals surface area (Å²) in [5.74, 6) is -1.56. The Morgan fingerprint density at radius 3 is 2.61 bits per heavy atom. The zero-order chi connectivity index (χ0) is 16.4. The molecule has 126 valence electrons. The van der Waals surface area contributed by atoms with Crippen LogP contribution in [0.2, 0.25) is 0 Å². The predicted octanol–water partition coefficient (Wildman–Crippen LogP) is 2.29. The summed E-state index contributed by atoms with van der Waals surface area (Å²) in [6.45, 7) is 2.54. The van der Waals surface area contributed by atoms with Gasteiger partial charge in [-0.05, 0) is 56.0 Å². The highest BCUT2D eigenvalue weighted by Crippen LogP contribution is 2.30. The van der Waals surface area contributed by atoms with Crippen molar-refractivity contribution in [2.75, 3.05) is 33.3 Å². The van der Waals surface area contributed by atoms with Gasteiger partial charge < -0.3 is 15.0 Å². The molecule has 0 saturated carbocycles. The normalized spacial score (nSPS) is 22.6. The van der Waals surface area contributed by atoms with Crippen molar-refractivity contribution in [3.8, 4) is 0 Å². The Balaban J connectivity index is 1.80. The van der Waals surface area contributed by atoms with Gasteiger partial charge in [0.15, 0.2) is 0 Å². The third-order valence-electron chi connectivity index (χ3n) is 4.86. The van der Waals surface area contributed by atoms with Gasteiger partial charge in [0.2, 0.25) is 0 Å². The van der Waals surface area contributed by atoms with Crippen LogP contribution in [0.3, 0.4) is 0 Å². The Labute approximate surface area is 134 Å². The van der Waals surface area contributed by atoms with Gasteiger partial charge in [0.05, 0.1) is 11.7 Å². The van der Waals surface area contributed by atoms with Crippen LogP contribution < -0.4 is 5.32 Å². The maximum atomic E-state index is 14.4. The second-order valence-electron chi connectivity index (χ2n) is 6.28. The lowest BCUT2D eigenvalue weighted by Gasteiger charge is -2.24. The van der Waals surface area contributed by atoms with E-state index in [4.69, 9.17) is 4.74 Å². The average Bonchev–Trinajstić information content (AvgIpc) is 3.06. The number of likely N-dealkylation sites (tertiary alicyclic amines) is 1. The molecule has 1 aromatic rings. The van der Waals surface area contributed by atoms with Crippen molar-refractivity contribution in [3.05, 3.63) is 34.9 Å². The molecule has 4 nitrogen and oxygen atoms in total. The Morgan fingerprint density at radius 1 is 1.22 bits per heavy atom. The maximum Gasteiger partial charge on any atom is 0.257 e. The van der Waals surface area contributed by atoms with E-state index in [1.807, 2.05) is 0 Å². The summed E-state index contributed by atoms with van der Waals surface area (Å²) < 4.78 is 34.0. The number of ether oxygens (including phenoxy) is 1. The first-order valence-electron chi connectivity index (χ1n) is 8.12. The highest BCUT2D eigenvalue weighted by Gasteiger charge is 2.30. The van der Waals surface area contributed by atoms with Crippen LogP contribution in [0.15, 0.2) is 12.1 Å². The molecule has 2 aliphatic rings. The Bertz CT molecular complexity index is 588. The van der Waals surface area contributed by atoms with Crippen LogP contribution in [0.5, 0.6) is 0 Å². The van der Waals surface area contributed by atoms with Gasteiger partial charge in [-0.15, -0.1) is 0 Å². The van der Waals surface area contributed by atoms with Crippen molar-refractivity contribution in [1.29, 1.82) is 0 Å². The molecule has 1 atom stereocenters. The standard InChI is InChI=1S/C17H22F2N2O2/c1-23-12-4-7-21(10-12)17(22)14-9-15(18)13(8-16(14)19)11-2-5-20-6-3-11/h8-9,11-12,20H,2-7,10H2,1H3/t12-/m1/s1. The predicted molar refractivity (Wildman–Crippen MR) is 82.5 cm³/mol. The zero-order valence-corrected chi connectivity index (χ0v) is 13.3. The van der Waals surface area contributed by atoms with Gasteiger partial charge >= 0.3 is 0 Å². The number of halogens is 2. The summed E-state index contributed by atoms with van der Waals surface area (Å²) in [5, 5.41) is 3.21. The zero-order valence-electron chi connectivity index (χ0n) is 13.3. The van der Waals surface area contributed by atoms with Gasteiger partial charge in [0.25, 0.3) is 5.91 Å². The number of carbonyl (C=O) groups is 1. The van der Waals surface area contributed by atoms with Crippen molar-refractivity contribution >= 4 is 5.91 Å². The van der Waals surface area contributed by atoms with E-state index < -0.39 is 17.5 Å². The topological polar surface area (TPSA) is 41.6 Å². The van der Waals surface area contributed by atoms with Crippen LogP contribution in [0.25, 0.3) is 0 Å². The van der Waals surface area contributed by atoms with Gasteiger partial charge in [-0.3, -0.25) is 4.79 Å². The second kappa shape index (κ2) is 6.93. The van der Waals surface area contributed by atoms with Crippen LogP contribution in [0.1, 0.15) is 41.1 Å². The third-order valence-corrected chi connectivity index (χ3v) is 4.86. The van der Waals surface area contributed by atoms with Gasteiger partial charge in [-0.25, -0.2) is 8.78 Å². The number of hydrogen-bond acceptors (Lipinski definition) is 3. The maximum absolute atomic E-state index is 14.4. The number of piperidine rings is 1. The van der Waals surface area contributed by atoms with Crippen molar-refractivity contribution < 1.29 is 18.3 Å². The van der Waals surface area contributed by atoms with Gasteiger partial charge in [-0.1, -0.05) is 0 Å². The van der Waals surface area contributed by atoms with Crippen LogP contribution in [-0.2, 0) is 4.74 Å². The van der Waals surface area contributed by atoms with E-state index in [1.54, 1.807) is 7.11 Å². The molecule has 2 saturated heterocycles. The van der Waals surface area contributed by atoms with Crippen LogP contribution >= 0.6 is 0 Å². The molecule has 2 heterocycles. The Kier molecular flexibility index (Phi) is 4.92. The Hall–Kier alpha value is -1.53. The van der Waals surface area contributed by atoms with Gasteiger partial charge in [0, 0.05) is 20.2 Å². The van der Waals surface area contributed by atoms with Crippen LogP contribution in [0, 0.1) is 11.6 Å². The van der Waals surface area contributed by atoms with Crippen LogP contribution in [0.4, 0.5) is 8.78 Å². The summed E-state index contributed by atoms with van der Waals surface area (Å²) in [6.07, 6.45) is 2.26. The fraction of sp³-hybridized carbons (Fsp3) is 0.588. The first-order chi connectivity index (χ1) is 11.1. The minimum Gasteiger partial charge on any atom is -0.380 e. The summed E-state index contributed by atoms with van der Waals surface area (Å²) >= 11 is 0. The molecule has 0 aromatic heterocycles. The summed E-state index contributed by atoms with van der Waals surface area (Å²) in [6, 6.07) is 2.28. The number of amides is 1. The molecule has 1 aromatic carbocycles. The minimum atomic E-state index is -0.634. The number of hydrogen-bond donors (Lipinski definition) is 1. The Morgan fingerprint density at radius 2 is 1.96 bits per heavy atom. The van der Waals surface area contributed by atoms with E-state index in [9.17, 15) is 13.6 Å². The van der Waals surface area contributed by atoms with Crippen molar-refractivity contribution in [1.82, 2.24) is 10.2 Å². The number of carbonyl (C=O) groups excluding carboxylic acids is 1. The number of rotatable bonds is 3. The highest BCUT2D eigenvalue weighted by atomic mass is 19.1. The number of nitrogens with one attached hydrogen (secondary N) is 1. The molecule has 2 fully saturated rings. The molecular formula is C17H22F2N2O2. The molecule has 2 aliphatic heterocycles. The molecule has 0 aliphatic carbocycles. The molecule has 23 heavy (non-hydrogen) atoms. The minimum absolute atomic E-state index is 0.0135. The fourth-order valence-electron chi connectivity index (χ4n) is 3.45. The molecule has 0 unspecified atom stereocenters. The first-order valence-corrected chi connectivity index (χ1v) is 8.12. The highest BCUT2D eigenvalue weighted by molar-refractivity contribution is 5.94.